The lowest BCUT2D eigenvalue weighted by Gasteiger charge is -2.30. The molecule has 0 atom stereocenters. The van der Waals surface area contributed by atoms with Crippen molar-refractivity contribution in [1.82, 2.24) is 0 Å². The molecule has 1 aliphatic rings. The van der Waals surface area contributed by atoms with Gasteiger partial charge in [0.2, 0.25) is 0 Å². The van der Waals surface area contributed by atoms with E-state index >= 15 is 0 Å². The number of carbonyl (C=O) groups is 1. The van der Waals surface area contributed by atoms with Crippen LogP contribution in [0.3, 0.4) is 0 Å². The molecule has 26 heavy (non-hydrogen) atoms. The zero-order valence-electron chi connectivity index (χ0n) is 13.9. The quantitative estimate of drug-likeness (QED) is 0.575. The predicted octanol–water partition coefficient (Wildman–Crippen LogP) is 5.14. The normalized spacial score (nSPS) is 14.2. The zero-order valence-corrected chi connectivity index (χ0v) is 15.4. The van der Waals surface area contributed by atoms with Crippen molar-refractivity contribution in [1.29, 1.82) is 0 Å². The van der Waals surface area contributed by atoms with Crippen molar-refractivity contribution < 1.29 is 9.72 Å². The van der Waals surface area contributed by atoms with Crippen LogP contribution in [0.5, 0.6) is 0 Å². The van der Waals surface area contributed by atoms with Crippen molar-refractivity contribution in [3.8, 4) is 0 Å². The molecule has 1 aliphatic heterocycles. The van der Waals surface area contributed by atoms with Crippen LogP contribution in [-0.2, 0) is 0 Å². The van der Waals surface area contributed by atoms with Gasteiger partial charge in [-0.2, -0.15) is 0 Å². The minimum atomic E-state index is -0.613. The average Bonchev–Trinajstić information content (AvgIpc) is 2.62. The number of halogens is 2. The first-order chi connectivity index (χ1) is 12.5. The van der Waals surface area contributed by atoms with Gasteiger partial charge in [0.1, 0.15) is 5.02 Å². The molecule has 136 valence electrons. The summed E-state index contributed by atoms with van der Waals surface area (Å²) in [4.78, 5) is 25.2. The molecule has 2 aromatic rings. The second-order valence-electron chi connectivity index (χ2n) is 6.09. The predicted molar refractivity (Wildman–Crippen MR) is 104 cm³/mol. The van der Waals surface area contributed by atoms with E-state index < -0.39 is 10.8 Å². The fraction of sp³-hybridized carbons (Fsp3) is 0.278. The third kappa shape index (κ3) is 4.08. The smallest absolute Gasteiger partial charge is 0.288 e. The van der Waals surface area contributed by atoms with E-state index in [1.807, 2.05) is 6.07 Å². The number of nitro groups is 1. The first-order valence-corrected chi connectivity index (χ1v) is 9.01. The maximum absolute atomic E-state index is 12.6. The van der Waals surface area contributed by atoms with Gasteiger partial charge in [-0.3, -0.25) is 14.9 Å². The van der Waals surface area contributed by atoms with E-state index in [0.29, 0.717) is 10.7 Å². The van der Waals surface area contributed by atoms with Gasteiger partial charge in [-0.15, -0.1) is 0 Å². The topological polar surface area (TPSA) is 75.5 Å². The zero-order chi connectivity index (χ0) is 18.7. The molecule has 1 saturated heterocycles. The van der Waals surface area contributed by atoms with Crippen LogP contribution in [0, 0.1) is 10.1 Å². The molecule has 3 rings (SSSR count). The SMILES string of the molecule is O=C(Nc1cc(Cl)ccc1N1CCCCC1)c1ccc(Cl)c([N+](=O)[O-])c1. The summed E-state index contributed by atoms with van der Waals surface area (Å²) in [5, 5.41) is 14.3. The molecule has 0 aromatic heterocycles. The monoisotopic (exact) mass is 393 g/mol. The molecule has 0 spiro atoms. The van der Waals surface area contributed by atoms with Crippen LogP contribution in [-0.4, -0.2) is 23.9 Å². The van der Waals surface area contributed by atoms with Crippen LogP contribution in [0.25, 0.3) is 0 Å². The number of hydrogen-bond acceptors (Lipinski definition) is 4. The average molecular weight is 394 g/mol. The van der Waals surface area contributed by atoms with Gasteiger partial charge in [-0.25, -0.2) is 0 Å². The highest BCUT2D eigenvalue weighted by atomic mass is 35.5. The van der Waals surface area contributed by atoms with Crippen LogP contribution in [0.1, 0.15) is 29.6 Å². The van der Waals surface area contributed by atoms with Crippen molar-refractivity contribution >= 4 is 46.2 Å². The molecular weight excluding hydrogens is 377 g/mol. The molecule has 8 heteroatoms. The largest absolute Gasteiger partial charge is 0.370 e. The fourth-order valence-electron chi connectivity index (χ4n) is 3.01. The summed E-state index contributed by atoms with van der Waals surface area (Å²) in [6, 6.07) is 9.33. The Hall–Kier alpha value is -2.31. The maximum Gasteiger partial charge on any atom is 0.288 e. The first-order valence-electron chi connectivity index (χ1n) is 8.25. The van der Waals surface area contributed by atoms with Crippen LogP contribution >= 0.6 is 23.2 Å². The van der Waals surface area contributed by atoms with Crippen molar-refractivity contribution in [3.05, 3.63) is 62.1 Å². The molecule has 0 saturated carbocycles. The number of amides is 1. The number of benzene rings is 2. The van der Waals surface area contributed by atoms with Crippen LogP contribution < -0.4 is 10.2 Å². The molecule has 0 bridgehead atoms. The van der Waals surface area contributed by atoms with Crippen LogP contribution in [0.15, 0.2) is 36.4 Å². The fourth-order valence-corrected chi connectivity index (χ4v) is 3.37. The molecule has 6 nitrogen and oxygen atoms in total. The summed E-state index contributed by atoms with van der Waals surface area (Å²) in [5.74, 6) is -0.453. The van der Waals surface area contributed by atoms with Crippen molar-refractivity contribution in [3.63, 3.8) is 0 Å². The summed E-state index contributed by atoms with van der Waals surface area (Å²) in [7, 11) is 0. The van der Waals surface area contributed by atoms with Crippen molar-refractivity contribution in [2.24, 2.45) is 0 Å². The Labute approximate surface area is 160 Å². The van der Waals surface area contributed by atoms with E-state index in [2.05, 4.69) is 10.2 Å². The number of anilines is 2. The van der Waals surface area contributed by atoms with Gasteiger partial charge in [-0.05, 0) is 49.6 Å². The number of nitrogens with one attached hydrogen (secondary N) is 1. The van der Waals surface area contributed by atoms with E-state index in [4.69, 9.17) is 23.2 Å². The summed E-state index contributed by atoms with van der Waals surface area (Å²) in [5.41, 5.74) is 1.33. The number of hydrogen-bond donors (Lipinski definition) is 1. The Morgan fingerprint density at radius 3 is 2.50 bits per heavy atom. The van der Waals surface area contributed by atoms with Gasteiger partial charge in [0.25, 0.3) is 11.6 Å². The molecular formula is C18H17Cl2N3O3. The highest BCUT2D eigenvalue weighted by molar-refractivity contribution is 6.33. The Balaban J connectivity index is 1.88. The number of nitro benzene ring substituents is 1. The Morgan fingerprint density at radius 2 is 1.81 bits per heavy atom. The third-order valence-corrected chi connectivity index (χ3v) is 4.86. The summed E-state index contributed by atoms with van der Waals surface area (Å²) >= 11 is 11.9. The number of rotatable bonds is 4. The van der Waals surface area contributed by atoms with Gasteiger partial charge in [0.05, 0.1) is 16.3 Å². The highest BCUT2D eigenvalue weighted by Gasteiger charge is 2.19. The molecule has 1 N–H and O–H groups in total. The molecule has 0 radical (unpaired) electrons. The molecule has 1 fully saturated rings. The molecule has 0 aliphatic carbocycles. The minimum Gasteiger partial charge on any atom is -0.370 e. The Morgan fingerprint density at radius 1 is 1.08 bits per heavy atom. The first kappa shape index (κ1) is 18.5. The Bertz CT molecular complexity index is 852. The highest BCUT2D eigenvalue weighted by Crippen LogP contribution is 2.32. The third-order valence-electron chi connectivity index (χ3n) is 4.31. The summed E-state index contributed by atoms with van der Waals surface area (Å²) in [6.07, 6.45) is 3.39. The maximum atomic E-state index is 12.6. The molecule has 2 aromatic carbocycles. The standard InChI is InChI=1S/C18H17Cl2N3O3/c19-13-5-7-16(22-8-2-1-3-9-22)15(11-13)21-18(24)12-4-6-14(20)17(10-12)23(25)26/h4-7,10-11H,1-3,8-9H2,(H,21,24). The van der Waals surface area contributed by atoms with E-state index in [-0.39, 0.29) is 16.3 Å². The van der Waals surface area contributed by atoms with Gasteiger partial charge in [-0.1, -0.05) is 23.2 Å². The van der Waals surface area contributed by atoms with Gasteiger partial charge in [0.15, 0.2) is 0 Å². The lowest BCUT2D eigenvalue weighted by molar-refractivity contribution is -0.384. The lowest BCUT2D eigenvalue weighted by Crippen LogP contribution is -2.30. The van der Waals surface area contributed by atoms with E-state index in [9.17, 15) is 14.9 Å². The van der Waals surface area contributed by atoms with Crippen LogP contribution in [0.4, 0.5) is 17.1 Å². The molecule has 1 amide bonds. The van der Waals surface area contributed by atoms with Gasteiger partial charge < -0.3 is 10.2 Å². The van der Waals surface area contributed by atoms with Gasteiger partial charge in [0, 0.05) is 29.7 Å². The number of nitrogens with zero attached hydrogens (tertiary/aromatic N) is 2. The summed E-state index contributed by atoms with van der Waals surface area (Å²) < 4.78 is 0. The molecule has 0 unspecified atom stereocenters. The molecule has 1 heterocycles. The van der Waals surface area contributed by atoms with Crippen LogP contribution in [0.2, 0.25) is 10.0 Å². The second-order valence-corrected chi connectivity index (χ2v) is 6.93. The van der Waals surface area contributed by atoms with E-state index in [1.165, 1.54) is 24.6 Å². The lowest BCUT2D eigenvalue weighted by atomic mass is 10.1. The van der Waals surface area contributed by atoms with Gasteiger partial charge >= 0.3 is 0 Å². The van der Waals surface area contributed by atoms with Crippen molar-refractivity contribution in [2.45, 2.75) is 19.3 Å². The number of piperidine rings is 1. The Kier molecular flexibility index (Phi) is 5.64. The van der Waals surface area contributed by atoms with Crippen molar-refractivity contribution in [2.75, 3.05) is 23.3 Å². The minimum absolute atomic E-state index is 0.0108. The second kappa shape index (κ2) is 7.93. The van der Waals surface area contributed by atoms with E-state index in [1.54, 1.807) is 12.1 Å². The van der Waals surface area contributed by atoms with E-state index in [0.717, 1.165) is 31.6 Å². The summed E-state index contributed by atoms with van der Waals surface area (Å²) in [6.45, 7) is 1.83. The number of carbonyl (C=O) groups excluding carboxylic acids is 1.